The Morgan fingerprint density at radius 2 is 2.17 bits per heavy atom. The maximum Gasteiger partial charge on any atom is 0.260 e. The zero-order valence-corrected chi connectivity index (χ0v) is 14.3. The van der Waals surface area contributed by atoms with Gasteiger partial charge in [0, 0.05) is 29.5 Å². The van der Waals surface area contributed by atoms with Crippen LogP contribution in [-0.2, 0) is 13.1 Å². The molecule has 3 rings (SSSR count). The number of nitrogens with one attached hydrogen (secondary N) is 1. The molecule has 0 aliphatic rings. The third-order valence-electron chi connectivity index (χ3n) is 3.76. The highest BCUT2D eigenvalue weighted by atomic mass is 35.5. The fourth-order valence-electron chi connectivity index (χ4n) is 2.51. The molecule has 6 nitrogen and oxygen atoms in total. The number of halogens is 1. The maximum atomic E-state index is 12.3. The standard InChI is InChI=1S/C17H18ClN5O/c1-3-23-12(2)15(10-19-23)17(24)20-16-7-8-22(21-16)11-13-5-4-6-14(18)9-13/h4-10H,3,11H2,1-2H3,(H,20,21,24). The van der Waals surface area contributed by atoms with Crippen LogP contribution in [0.25, 0.3) is 0 Å². The lowest BCUT2D eigenvalue weighted by atomic mass is 10.2. The van der Waals surface area contributed by atoms with Crippen LogP contribution in [0.1, 0.15) is 28.5 Å². The molecule has 7 heteroatoms. The normalized spacial score (nSPS) is 10.8. The lowest BCUT2D eigenvalue weighted by Crippen LogP contribution is -2.14. The number of benzene rings is 1. The Balaban J connectivity index is 1.69. The monoisotopic (exact) mass is 343 g/mol. The van der Waals surface area contributed by atoms with Gasteiger partial charge in [0.2, 0.25) is 0 Å². The average molecular weight is 344 g/mol. The number of hydrogen-bond donors (Lipinski definition) is 1. The van der Waals surface area contributed by atoms with E-state index < -0.39 is 0 Å². The third kappa shape index (κ3) is 3.49. The number of rotatable bonds is 5. The highest BCUT2D eigenvalue weighted by Crippen LogP contribution is 2.14. The molecule has 2 aromatic heterocycles. The van der Waals surface area contributed by atoms with E-state index in [1.165, 1.54) is 0 Å². The first kappa shape index (κ1) is 16.3. The van der Waals surface area contributed by atoms with Crippen LogP contribution in [0.4, 0.5) is 5.82 Å². The van der Waals surface area contributed by atoms with Crippen molar-refractivity contribution in [2.24, 2.45) is 0 Å². The summed E-state index contributed by atoms with van der Waals surface area (Å²) in [5, 5.41) is 12.1. The van der Waals surface area contributed by atoms with E-state index in [-0.39, 0.29) is 5.91 Å². The van der Waals surface area contributed by atoms with Crippen LogP contribution in [-0.4, -0.2) is 25.5 Å². The minimum Gasteiger partial charge on any atom is -0.305 e. The van der Waals surface area contributed by atoms with Crippen LogP contribution in [0.5, 0.6) is 0 Å². The van der Waals surface area contributed by atoms with Gasteiger partial charge in [-0.1, -0.05) is 23.7 Å². The van der Waals surface area contributed by atoms with Gasteiger partial charge in [-0.3, -0.25) is 14.2 Å². The topological polar surface area (TPSA) is 64.7 Å². The molecular weight excluding hydrogens is 326 g/mol. The molecule has 0 aliphatic carbocycles. The fourth-order valence-corrected chi connectivity index (χ4v) is 2.72. The van der Waals surface area contributed by atoms with Crippen LogP contribution in [0.15, 0.2) is 42.7 Å². The van der Waals surface area contributed by atoms with Crippen LogP contribution in [0.3, 0.4) is 0 Å². The zero-order chi connectivity index (χ0) is 17.1. The Morgan fingerprint density at radius 3 is 2.88 bits per heavy atom. The number of carbonyl (C=O) groups excluding carboxylic acids is 1. The number of anilines is 1. The van der Waals surface area contributed by atoms with E-state index in [0.717, 1.165) is 17.8 Å². The second kappa shape index (κ2) is 6.88. The SMILES string of the molecule is CCn1ncc(C(=O)Nc2ccn(Cc3cccc(Cl)c3)n2)c1C. The van der Waals surface area contributed by atoms with Gasteiger partial charge in [-0.2, -0.15) is 10.2 Å². The molecule has 0 spiro atoms. The van der Waals surface area contributed by atoms with Gasteiger partial charge in [-0.15, -0.1) is 0 Å². The van der Waals surface area contributed by atoms with Crippen molar-refractivity contribution in [2.45, 2.75) is 26.9 Å². The number of amides is 1. The molecule has 1 aromatic carbocycles. The Hall–Kier alpha value is -2.60. The smallest absolute Gasteiger partial charge is 0.260 e. The van der Waals surface area contributed by atoms with Crippen molar-refractivity contribution in [3.05, 3.63) is 64.6 Å². The molecule has 0 saturated heterocycles. The molecule has 124 valence electrons. The van der Waals surface area contributed by atoms with Crippen LogP contribution in [0, 0.1) is 6.92 Å². The van der Waals surface area contributed by atoms with E-state index in [1.807, 2.05) is 44.3 Å². The summed E-state index contributed by atoms with van der Waals surface area (Å²) < 4.78 is 3.54. The molecule has 1 N–H and O–H groups in total. The minimum absolute atomic E-state index is 0.208. The molecule has 3 aromatic rings. The molecule has 0 fully saturated rings. The molecular formula is C17H18ClN5O. The van der Waals surface area contributed by atoms with Crippen molar-refractivity contribution >= 4 is 23.3 Å². The van der Waals surface area contributed by atoms with E-state index in [1.54, 1.807) is 21.6 Å². The Bertz CT molecular complexity index is 868. The summed E-state index contributed by atoms with van der Waals surface area (Å²) in [7, 11) is 0. The van der Waals surface area contributed by atoms with Crippen LogP contribution >= 0.6 is 11.6 Å². The molecule has 0 atom stereocenters. The van der Waals surface area contributed by atoms with E-state index in [9.17, 15) is 4.79 Å². The summed E-state index contributed by atoms with van der Waals surface area (Å²) >= 11 is 5.99. The first-order valence-corrected chi connectivity index (χ1v) is 8.06. The molecule has 0 unspecified atom stereocenters. The number of aromatic nitrogens is 4. The van der Waals surface area contributed by atoms with E-state index in [2.05, 4.69) is 15.5 Å². The lowest BCUT2D eigenvalue weighted by molar-refractivity contribution is 0.102. The van der Waals surface area contributed by atoms with Gasteiger partial charge in [0.05, 0.1) is 18.3 Å². The Kier molecular flexibility index (Phi) is 4.66. The predicted octanol–water partition coefficient (Wildman–Crippen LogP) is 3.36. The van der Waals surface area contributed by atoms with Crippen molar-refractivity contribution in [1.29, 1.82) is 0 Å². The number of nitrogens with zero attached hydrogens (tertiary/aromatic N) is 4. The van der Waals surface area contributed by atoms with Crippen LogP contribution in [0.2, 0.25) is 5.02 Å². The molecule has 0 saturated carbocycles. The average Bonchev–Trinajstić information content (AvgIpc) is 3.13. The van der Waals surface area contributed by atoms with E-state index >= 15 is 0 Å². The summed E-state index contributed by atoms with van der Waals surface area (Å²) in [6.45, 7) is 5.18. The summed E-state index contributed by atoms with van der Waals surface area (Å²) in [5.41, 5.74) is 2.44. The zero-order valence-electron chi connectivity index (χ0n) is 13.5. The molecule has 0 aliphatic heterocycles. The van der Waals surface area contributed by atoms with Crippen molar-refractivity contribution in [1.82, 2.24) is 19.6 Å². The van der Waals surface area contributed by atoms with Crippen molar-refractivity contribution in [3.8, 4) is 0 Å². The molecule has 24 heavy (non-hydrogen) atoms. The predicted molar refractivity (Wildman–Crippen MR) is 93.4 cm³/mol. The maximum absolute atomic E-state index is 12.3. The lowest BCUT2D eigenvalue weighted by Gasteiger charge is -2.04. The second-order valence-electron chi connectivity index (χ2n) is 5.44. The Labute approximate surface area is 145 Å². The third-order valence-corrected chi connectivity index (χ3v) is 4.00. The molecule has 1 amide bonds. The first-order valence-electron chi connectivity index (χ1n) is 7.68. The molecule has 0 bridgehead atoms. The van der Waals surface area contributed by atoms with Gasteiger partial charge >= 0.3 is 0 Å². The molecule has 2 heterocycles. The minimum atomic E-state index is -0.208. The second-order valence-corrected chi connectivity index (χ2v) is 5.88. The number of aryl methyl sites for hydroxylation is 1. The van der Waals surface area contributed by atoms with Gasteiger partial charge < -0.3 is 5.32 Å². The van der Waals surface area contributed by atoms with Gasteiger partial charge in [0.1, 0.15) is 0 Å². The van der Waals surface area contributed by atoms with Crippen molar-refractivity contribution in [3.63, 3.8) is 0 Å². The summed E-state index contributed by atoms with van der Waals surface area (Å²) in [6, 6.07) is 9.37. The summed E-state index contributed by atoms with van der Waals surface area (Å²) in [5.74, 6) is 0.297. The van der Waals surface area contributed by atoms with Gasteiger partial charge in [-0.25, -0.2) is 0 Å². The van der Waals surface area contributed by atoms with Gasteiger partial charge in [0.25, 0.3) is 5.91 Å². The quantitative estimate of drug-likeness (QED) is 0.772. The van der Waals surface area contributed by atoms with Gasteiger partial charge in [0.15, 0.2) is 5.82 Å². The first-order chi connectivity index (χ1) is 11.6. The van der Waals surface area contributed by atoms with Gasteiger partial charge in [-0.05, 0) is 31.5 Å². The number of carbonyl (C=O) groups is 1. The van der Waals surface area contributed by atoms with Crippen molar-refractivity contribution < 1.29 is 4.79 Å². The highest BCUT2D eigenvalue weighted by Gasteiger charge is 2.14. The molecule has 0 radical (unpaired) electrons. The fraction of sp³-hybridized carbons (Fsp3) is 0.235. The highest BCUT2D eigenvalue weighted by molar-refractivity contribution is 6.30. The van der Waals surface area contributed by atoms with Crippen LogP contribution < -0.4 is 5.32 Å². The van der Waals surface area contributed by atoms with E-state index in [4.69, 9.17) is 11.6 Å². The summed E-state index contributed by atoms with van der Waals surface area (Å²) in [4.78, 5) is 12.3. The van der Waals surface area contributed by atoms with Crippen molar-refractivity contribution in [2.75, 3.05) is 5.32 Å². The largest absolute Gasteiger partial charge is 0.305 e. The van der Waals surface area contributed by atoms with E-state index in [0.29, 0.717) is 22.9 Å². The number of hydrogen-bond acceptors (Lipinski definition) is 3. The summed E-state index contributed by atoms with van der Waals surface area (Å²) in [6.07, 6.45) is 3.40. The Morgan fingerprint density at radius 1 is 1.33 bits per heavy atom.